The van der Waals surface area contributed by atoms with Gasteiger partial charge in [0.2, 0.25) is 0 Å². The van der Waals surface area contributed by atoms with Crippen molar-refractivity contribution in [2.45, 2.75) is 12.0 Å². The lowest BCUT2D eigenvalue weighted by atomic mass is 9.79. The van der Waals surface area contributed by atoms with Gasteiger partial charge in [0.15, 0.2) is 0 Å². The Bertz CT molecular complexity index is 963. The Morgan fingerprint density at radius 3 is 2.33 bits per heavy atom. The van der Waals surface area contributed by atoms with E-state index in [1.54, 1.807) is 0 Å². The quantitative estimate of drug-likeness (QED) is 0.734. The Labute approximate surface area is 142 Å². The van der Waals surface area contributed by atoms with Crippen molar-refractivity contribution in [3.05, 3.63) is 96.2 Å². The molecule has 0 spiro atoms. The van der Waals surface area contributed by atoms with Gasteiger partial charge in [-0.15, -0.1) is 0 Å². The van der Waals surface area contributed by atoms with Crippen molar-refractivity contribution in [3.63, 3.8) is 0 Å². The van der Waals surface area contributed by atoms with Crippen LogP contribution in [0.2, 0.25) is 0 Å². The summed E-state index contributed by atoms with van der Waals surface area (Å²) in [5, 5.41) is 2.48. The summed E-state index contributed by atoms with van der Waals surface area (Å²) in [7, 11) is 0. The van der Waals surface area contributed by atoms with Crippen LogP contribution in [0.1, 0.15) is 12.0 Å². The molecule has 4 N–H and O–H groups in total. The van der Waals surface area contributed by atoms with Crippen LogP contribution in [0.4, 0.5) is 0 Å². The molecule has 0 aromatic heterocycles. The summed E-state index contributed by atoms with van der Waals surface area (Å²) in [6, 6.07) is 23.3. The highest BCUT2D eigenvalue weighted by molar-refractivity contribution is 5.97. The van der Waals surface area contributed by atoms with Crippen LogP contribution in [-0.4, -0.2) is 0 Å². The van der Waals surface area contributed by atoms with Gasteiger partial charge in [-0.05, 0) is 40.0 Å². The van der Waals surface area contributed by atoms with Crippen molar-refractivity contribution in [3.8, 4) is 11.1 Å². The lowest BCUT2D eigenvalue weighted by Gasteiger charge is -2.30. The molecule has 1 aliphatic carbocycles. The number of hydrogen-bond donors (Lipinski definition) is 2. The van der Waals surface area contributed by atoms with E-state index in [0.717, 1.165) is 11.3 Å². The number of hydrogen-bond acceptors (Lipinski definition) is 2. The highest BCUT2D eigenvalue weighted by Crippen LogP contribution is 2.38. The van der Waals surface area contributed by atoms with E-state index in [1.807, 2.05) is 24.3 Å². The molecule has 1 aliphatic rings. The molecule has 1 unspecified atom stereocenters. The molecular weight excluding hydrogens is 292 g/mol. The molecule has 0 aliphatic heterocycles. The molecule has 118 valence electrons. The summed E-state index contributed by atoms with van der Waals surface area (Å²) in [5.74, 6) is 0. The molecule has 0 bridgehead atoms. The smallest absolute Gasteiger partial charge is 0.0641 e. The molecule has 3 aromatic carbocycles. The number of benzene rings is 3. The van der Waals surface area contributed by atoms with Crippen molar-refractivity contribution in [2.24, 2.45) is 11.5 Å². The Kier molecular flexibility index (Phi) is 3.47. The first-order valence-corrected chi connectivity index (χ1v) is 8.19. The van der Waals surface area contributed by atoms with Gasteiger partial charge in [-0.1, -0.05) is 78.9 Å². The second-order valence-corrected chi connectivity index (χ2v) is 6.35. The standard InChI is InChI=1S/C22H20N2/c23-17-12-14-22(24,15-13-17)21-11-4-3-9-20(21)19-10-5-7-16-6-1-2-8-18(16)19/h1-14H,15,23-24H2. The zero-order valence-corrected chi connectivity index (χ0v) is 13.4. The summed E-state index contributed by atoms with van der Waals surface area (Å²) in [6.45, 7) is 0. The number of rotatable bonds is 2. The fraction of sp³-hybridized carbons (Fsp3) is 0.0909. The summed E-state index contributed by atoms with van der Waals surface area (Å²) in [5.41, 5.74) is 16.4. The van der Waals surface area contributed by atoms with E-state index in [4.69, 9.17) is 11.5 Å². The minimum absolute atomic E-state index is 0.531. The second kappa shape index (κ2) is 5.66. The molecule has 0 saturated carbocycles. The minimum atomic E-state index is -0.531. The molecule has 24 heavy (non-hydrogen) atoms. The molecule has 3 aromatic rings. The summed E-state index contributed by atoms with van der Waals surface area (Å²) >= 11 is 0. The predicted molar refractivity (Wildman–Crippen MR) is 101 cm³/mol. The molecule has 2 nitrogen and oxygen atoms in total. The zero-order chi connectivity index (χ0) is 16.6. The SMILES string of the molecule is NC1=CCC(N)(c2ccccc2-c2cccc3ccccc23)C=C1. The average molecular weight is 312 g/mol. The van der Waals surface area contributed by atoms with Crippen LogP contribution in [0.25, 0.3) is 21.9 Å². The third kappa shape index (κ3) is 2.41. The largest absolute Gasteiger partial charge is 0.399 e. The number of allylic oxidation sites excluding steroid dienone is 1. The Morgan fingerprint density at radius 1 is 0.792 bits per heavy atom. The van der Waals surface area contributed by atoms with Crippen LogP contribution < -0.4 is 11.5 Å². The van der Waals surface area contributed by atoms with Crippen LogP contribution in [0, 0.1) is 0 Å². The van der Waals surface area contributed by atoms with Crippen LogP contribution in [0.15, 0.2) is 90.7 Å². The first-order valence-electron chi connectivity index (χ1n) is 8.19. The lowest BCUT2D eigenvalue weighted by molar-refractivity contribution is 0.563. The van der Waals surface area contributed by atoms with Crippen molar-refractivity contribution in [1.82, 2.24) is 0 Å². The van der Waals surface area contributed by atoms with E-state index in [0.29, 0.717) is 6.42 Å². The first-order chi connectivity index (χ1) is 11.7. The third-order valence-corrected chi connectivity index (χ3v) is 4.76. The fourth-order valence-corrected chi connectivity index (χ4v) is 3.45. The van der Waals surface area contributed by atoms with Gasteiger partial charge in [0.1, 0.15) is 0 Å². The van der Waals surface area contributed by atoms with Gasteiger partial charge in [0.25, 0.3) is 0 Å². The maximum Gasteiger partial charge on any atom is 0.0641 e. The molecule has 0 radical (unpaired) electrons. The normalized spacial score (nSPS) is 20.1. The maximum atomic E-state index is 6.74. The van der Waals surface area contributed by atoms with Gasteiger partial charge in [-0.2, -0.15) is 0 Å². The van der Waals surface area contributed by atoms with Crippen LogP contribution in [-0.2, 0) is 5.54 Å². The van der Waals surface area contributed by atoms with Crippen LogP contribution >= 0.6 is 0 Å². The predicted octanol–water partition coefficient (Wildman–Crippen LogP) is 4.46. The van der Waals surface area contributed by atoms with Gasteiger partial charge in [0.05, 0.1) is 5.54 Å². The van der Waals surface area contributed by atoms with Gasteiger partial charge >= 0.3 is 0 Å². The van der Waals surface area contributed by atoms with E-state index in [-0.39, 0.29) is 0 Å². The topological polar surface area (TPSA) is 52.0 Å². The van der Waals surface area contributed by atoms with Crippen LogP contribution in [0.3, 0.4) is 0 Å². The summed E-state index contributed by atoms with van der Waals surface area (Å²) in [4.78, 5) is 0. The number of nitrogens with two attached hydrogens (primary N) is 2. The molecule has 0 fully saturated rings. The summed E-state index contributed by atoms with van der Waals surface area (Å²) < 4.78 is 0. The van der Waals surface area contributed by atoms with Crippen molar-refractivity contribution >= 4 is 10.8 Å². The monoisotopic (exact) mass is 312 g/mol. The van der Waals surface area contributed by atoms with Crippen molar-refractivity contribution < 1.29 is 0 Å². The van der Waals surface area contributed by atoms with Gasteiger partial charge in [0, 0.05) is 5.70 Å². The maximum absolute atomic E-state index is 6.74. The Hall–Kier alpha value is -2.84. The van der Waals surface area contributed by atoms with E-state index in [9.17, 15) is 0 Å². The van der Waals surface area contributed by atoms with Gasteiger partial charge in [-0.25, -0.2) is 0 Å². The Morgan fingerprint density at radius 2 is 1.50 bits per heavy atom. The number of fused-ring (bicyclic) bond motifs is 1. The van der Waals surface area contributed by atoms with Crippen LogP contribution in [0.5, 0.6) is 0 Å². The second-order valence-electron chi connectivity index (χ2n) is 6.35. The Balaban J connectivity index is 1.93. The molecule has 0 amide bonds. The third-order valence-electron chi connectivity index (χ3n) is 4.76. The molecule has 4 rings (SSSR count). The fourth-order valence-electron chi connectivity index (χ4n) is 3.45. The molecule has 1 atom stereocenters. The molecule has 0 heterocycles. The average Bonchev–Trinajstić information content (AvgIpc) is 2.64. The van der Waals surface area contributed by atoms with E-state index >= 15 is 0 Å². The van der Waals surface area contributed by atoms with Gasteiger partial charge in [-0.3, -0.25) is 0 Å². The first kappa shape index (κ1) is 14.7. The highest BCUT2D eigenvalue weighted by Gasteiger charge is 2.28. The molecule has 0 saturated heterocycles. The lowest BCUT2D eigenvalue weighted by Crippen LogP contribution is -2.36. The van der Waals surface area contributed by atoms with E-state index in [1.165, 1.54) is 21.9 Å². The minimum Gasteiger partial charge on any atom is -0.399 e. The summed E-state index contributed by atoms with van der Waals surface area (Å²) in [6.07, 6.45) is 6.63. The highest BCUT2D eigenvalue weighted by atomic mass is 14.7. The van der Waals surface area contributed by atoms with Crippen molar-refractivity contribution in [2.75, 3.05) is 0 Å². The zero-order valence-electron chi connectivity index (χ0n) is 13.4. The molecule has 2 heteroatoms. The molecular formula is C22H20N2. The van der Waals surface area contributed by atoms with Gasteiger partial charge < -0.3 is 11.5 Å². The van der Waals surface area contributed by atoms with Crippen molar-refractivity contribution in [1.29, 1.82) is 0 Å². The van der Waals surface area contributed by atoms with E-state index < -0.39 is 5.54 Å². The van der Waals surface area contributed by atoms with E-state index in [2.05, 4.69) is 60.7 Å².